The normalized spacial score (nSPS) is 10.3. The van der Waals surface area contributed by atoms with Gasteiger partial charge in [-0.3, -0.25) is 9.48 Å². The van der Waals surface area contributed by atoms with E-state index in [9.17, 15) is 4.79 Å². The van der Waals surface area contributed by atoms with Crippen molar-refractivity contribution in [3.63, 3.8) is 0 Å². The van der Waals surface area contributed by atoms with Gasteiger partial charge in [-0.1, -0.05) is 6.07 Å². The summed E-state index contributed by atoms with van der Waals surface area (Å²) in [5.41, 5.74) is 7.22. The highest BCUT2D eigenvalue weighted by Crippen LogP contribution is 2.14. The van der Waals surface area contributed by atoms with Crippen LogP contribution in [0.1, 0.15) is 23.0 Å². The minimum absolute atomic E-state index is 0.224. The molecule has 0 saturated carbocycles. The van der Waals surface area contributed by atoms with E-state index in [0.717, 1.165) is 5.56 Å². The molecule has 2 aromatic rings. The van der Waals surface area contributed by atoms with Crippen molar-refractivity contribution >= 4 is 17.4 Å². The Morgan fingerprint density at radius 3 is 2.94 bits per heavy atom. The van der Waals surface area contributed by atoms with Gasteiger partial charge < -0.3 is 11.1 Å². The molecule has 0 aliphatic rings. The third-order valence-electron chi connectivity index (χ3n) is 2.57. The Morgan fingerprint density at radius 2 is 2.33 bits per heavy atom. The Hall–Kier alpha value is -2.37. The van der Waals surface area contributed by atoms with E-state index in [-0.39, 0.29) is 11.6 Å². The number of carbonyl (C=O) groups excluding carboxylic acids is 1. The summed E-state index contributed by atoms with van der Waals surface area (Å²) in [4.78, 5) is 16.1. The quantitative estimate of drug-likeness (QED) is 0.856. The summed E-state index contributed by atoms with van der Waals surface area (Å²) in [6, 6.07) is 3.68. The summed E-state index contributed by atoms with van der Waals surface area (Å²) in [5, 5.41) is 6.80. The molecule has 6 nitrogen and oxygen atoms in total. The minimum Gasteiger partial charge on any atom is -0.396 e. The molecule has 94 valence electrons. The Kier molecular flexibility index (Phi) is 3.27. The van der Waals surface area contributed by atoms with E-state index >= 15 is 0 Å². The molecule has 0 bridgehead atoms. The number of rotatable bonds is 3. The van der Waals surface area contributed by atoms with E-state index in [1.54, 1.807) is 17.1 Å². The Bertz CT molecular complexity index is 576. The standard InChI is InChI=1S/C12H15N5O/c1-3-17-7-9(13)10(16-17)12(18)15-11-8(2)5-4-6-14-11/h4-7H,3,13H2,1-2H3,(H,14,15,18). The van der Waals surface area contributed by atoms with E-state index < -0.39 is 0 Å². The molecule has 0 unspecified atom stereocenters. The molecule has 3 N–H and O–H groups in total. The van der Waals surface area contributed by atoms with Crippen LogP contribution in [0, 0.1) is 6.92 Å². The fraction of sp³-hybridized carbons (Fsp3) is 0.250. The topological polar surface area (TPSA) is 85.8 Å². The molecule has 0 aliphatic heterocycles. The van der Waals surface area contributed by atoms with Gasteiger partial charge in [0.25, 0.3) is 5.91 Å². The maximum absolute atomic E-state index is 12.0. The van der Waals surface area contributed by atoms with E-state index in [0.29, 0.717) is 18.1 Å². The van der Waals surface area contributed by atoms with Crippen molar-refractivity contribution < 1.29 is 4.79 Å². The molecule has 2 rings (SSSR count). The molecule has 6 heteroatoms. The van der Waals surface area contributed by atoms with Gasteiger partial charge in [0.05, 0.1) is 5.69 Å². The average Bonchev–Trinajstić information content (AvgIpc) is 2.73. The number of hydrogen-bond acceptors (Lipinski definition) is 4. The fourth-order valence-corrected chi connectivity index (χ4v) is 1.56. The number of nitrogens with one attached hydrogen (secondary N) is 1. The van der Waals surface area contributed by atoms with Gasteiger partial charge in [0.2, 0.25) is 0 Å². The molecule has 0 aromatic carbocycles. The zero-order valence-corrected chi connectivity index (χ0v) is 10.3. The summed E-state index contributed by atoms with van der Waals surface area (Å²) in [6.45, 7) is 4.47. The number of pyridine rings is 1. The number of hydrogen-bond donors (Lipinski definition) is 2. The summed E-state index contributed by atoms with van der Waals surface area (Å²) in [7, 11) is 0. The van der Waals surface area contributed by atoms with Crippen molar-refractivity contribution in [2.45, 2.75) is 20.4 Å². The predicted octanol–water partition coefficient (Wildman–Crippen LogP) is 1.44. The van der Waals surface area contributed by atoms with Crippen molar-refractivity contribution in [2.24, 2.45) is 0 Å². The molecule has 2 heterocycles. The zero-order valence-electron chi connectivity index (χ0n) is 10.3. The largest absolute Gasteiger partial charge is 0.396 e. The fourth-order valence-electron chi connectivity index (χ4n) is 1.56. The molecular formula is C12H15N5O. The monoisotopic (exact) mass is 245 g/mol. The van der Waals surface area contributed by atoms with Crippen LogP contribution in [0.2, 0.25) is 0 Å². The third kappa shape index (κ3) is 2.32. The van der Waals surface area contributed by atoms with Gasteiger partial charge in [-0.05, 0) is 25.5 Å². The van der Waals surface area contributed by atoms with Crippen LogP contribution in [0.25, 0.3) is 0 Å². The third-order valence-corrected chi connectivity index (χ3v) is 2.57. The highest BCUT2D eigenvalue weighted by Gasteiger charge is 2.15. The SMILES string of the molecule is CCn1cc(N)c(C(=O)Nc2ncccc2C)n1. The van der Waals surface area contributed by atoms with Crippen LogP contribution in [-0.4, -0.2) is 20.7 Å². The van der Waals surface area contributed by atoms with Crippen LogP contribution in [0.5, 0.6) is 0 Å². The van der Waals surface area contributed by atoms with Crippen molar-refractivity contribution in [3.8, 4) is 0 Å². The lowest BCUT2D eigenvalue weighted by molar-refractivity contribution is 0.102. The van der Waals surface area contributed by atoms with Crippen LogP contribution in [-0.2, 0) is 6.54 Å². The van der Waals surface area contributed by atoms with Crippen LogP contribution < -0.4 is 11.1 Å². The van der Waals surface area contributed by atoms with Gasteiger partial charge >= 0.3 is 0 Å². The van der Waals surface area contributed by atoms with Gasteiger partial charge in [-0.15, -0.1) is 0 Å². The lowest BCUT2D eigenvalue weighted by atomic mass is 10.3. The summed E-state index contributed by atoms with van der Waals surface area (Å²) in [6.07, 6.45) is 3.26. The maximum Gasteiger partial charge on any atom is 0.279 e. The Balaban J connectivity index is 2.22. The highest BCUT2D eigenvalue weighted by molar-refractivity contribution is 6.05. The van der Waals surface area contributed by atoms with Gasteiger partial charge in [-0.25, -0.2) is 4.98 Å². The number of nitrogen functional groups attached to an aromatic ring is 1. The Morgan fingerprint density at radius 1 is 1.56 bits per heavy atom. The molecule has 0 saturated heterocycles. The lowest BCUT2D eigenvalue weighted by Crippen LogP contribution is -2.16. The summed E-state index contributed by atoms with van der Waals surface area (Å²) < 4.78 is 1.62. The molecule has 0 spiro atoms. The predicted molar refractivity (Wildman–Crippen MR) is 69.2 cm³/mol. The first-order valence-corrected chi connectivity index (χ1v) is 5.67. The summed E-state index contributed by atoms with van der Waals surface area (Å²) >= 11 is 0. The van der Waals surface area contributed by atoms with E-state index in [1.807, 2.05) is 26.0 Å². The number of amides is 1. The first-order valence-electron chi connectivity index (χ1n) is 5.67. The second kappa shape index (κ2) is 4.87. The highest BCUT2D eigenvalue weighted by atomic mass is 16.2. The maximum atomic E-state index is 12.0. The second-order valence-corrected chi connectivity index (χ2v) is 3.91. The first kappa shape index (κ1) is 12.1. The molecular weight excluding hydrogens is 230 g/mol. The molecule has 0 fully saturated rings. The number of anilines is 2. The van der Waals surface area contributed by atoms with Crippen molar-refractivity contribution in [3.05, 3.63) is 35.8 Å². The first-order chi connectivity index (χ1) is 8.61. The number of carbonyl (C=O) groups is 1. The van der Waals surface area contributed by atoms with Gasteiger partial charge in [0.1, 0.15) is 5.82 Å². The number of aryl methyl sites for hydroxylation is 2. The van der Waals surface area contributed by atoms with Gasteiger partial charge in [-0.2, -0.15) is 5.10 Å². The second-order valence-electron chi connectivity index (χ2n) is 3.91. The number of aromatic nitrogens is 3. The van der Waals surface area contributed by atoms with Crippen LogP contribution >= 0.6 is 0 Å². The average molecular weight is 245 g/mol. The van der Waals surface area contributed by atoms with Crippen LogP contribution in [0.3, 0.4) is 0 Å². The van der Waals surface area contributed by atoms with Gasteiger partial charge in [0, 0.05) is 18.9 Å². The molecule has 0 aliphatic carbocycles. The molecule has 0 radical (unpaired) electrons. The lowest BCUT2D eigenvalue weighted by Gasteiger charge is -2.05. The zero-order chi connectivity index (χ0) is 13.1. The minimum atomic E-state index is -0.346. The van der Waals surface area contributed by atoms with Crippen LogP contribution in [0.4, 0.5) is 11.5 Å². The number of nitrogens with zero attached hydrogens (tertiary/aromatic N) is 3. The smallest absolute Gasteiger partial charge is 0.279 e. The molecule has 1 amide bonds. The Labute approximate surface area is 105 Å². The van der Waals surface area contributed by atoms with E-state index in [2.05, 4.69) is 15.4 Å². The van der Waals surface area contributed by atoms with Crippen molar-refractivity contribution in [1.82, 2.24) is 14.8 Å². The molecule has 0 atom stereocenters. The number of nitrogens with two attached hydrogens (primary N) is 1. The van der Waals surface area contributed by atoms with E-state index in [1.165, 1.54) is 0 Å². The van der Waals surface area contributed by atoms with Crippen molar-refractivity contribution in [1.29, 1.82) is 0 Å². The van der Waals surface area contributed by atoms with Crippen LogP contribution in [0.15, 0.2) is 24.5 Å². The molecule has 18 heavy (non-hydrogen) atoms. The van der Waals surface area contributed by atoms with Gasteiger partial charge in [0.15, 0.2) is 5.69 Å². The van der Waals surface area contributed by atoms with E-state index in [4.69, 9.17) is 5.73 Å². The summed E-state index contributed by atoms with van der Waals surface area (Å²) in [5.74, 6) is 0.175. The van der Waals surface area contributed by atoms with Crippen molar-refractivity contribution in [2.75, 3.05) is 11.1 Å². The molecule has 2 aromatic heterocycles.